The van der Waals surface area contributed by atoms with Crippen LogP contribution in [0.2, 0.25) is 0 Å². The van der Waals surface area contributed by atoms with Gasteiger partial charge in [-0.3, -0.25) is 0 Å². The minimum absolute atomic E-state index is 0.0378. The molecule has 0 aliphatic heterocycles. The molecule has 4 N–H and O–H groups in total. The molecule has 4 heteroatoms. The third-order valence-electron chi connectivity index (χ3n) is 6.47. The first kappa shape index (κ1) is 20.9. The molecule has 2 aliphatic carbocycles. The Morgan fingerprint density at radius 3 is 2.32 bits per heavy atom. The van der Waals surface area contributed by atoms with Crippen molar-refractivity contribution >= 4 is 0 Å². The van der Waals surface area contributed by atoms with Crippen molar-refractivity contribution in [3.63, 3.8) is 0 Å². The molecule has 0 aromatic carbocycles. The first-order valence-corrected chi connectivity index (χ1v) is 10.4. The fraction of sp³-hybridized carbons (Fsp3) is 0.905. The van der Waals surface area contributed by atoms with E-state index in [0.717, 1.165) is 57.3 Å². The summed E-state index contributed by atoms with van der Waals surface area (Å²) < 4.78 is 0. The highest BCUT2D eigenvalue weighted by Gasteiger charge is 2.40. The van der Waals surface area contributed by atoms with Gasteiger partial charge in [-0.05, 0) is 43.4 Å². The van der Waals surface area contributed by atoms with Crippen molar-refractivity contribution in [2.24, 2.45) is 23.7 Å². The number of unbranched alkanes of at least 4 members (excludes halogenated alkanes) is 4. The van der Waals surface area contributed by atoms with Crippen LogP contribution in [0.25, 0.3) is 0 Å². The lowest BCUT2D eigenvalue weighted by molar-refractivity contribution is 0.0558. The highest BCUT2D eigenvalue weighted by atomic mass is 16.3. The minimum Gasteiger partial charge on any atom is -0.396 e. The van der Waals surface area contributed by atoms with E-state index in [-0.39, 0.29) is 18.4 Å². The third kappa shape index (κ3) is 6.06. The summed E-state index contributed by atoms with van der Waals surface area (Å²) in [7, 11) is 0. The Kier molecular flexibility index (Phi) is 8.91. The SMILES string of the molecule is CCC1CC([C@H](O)C=C[C@@H]2[C@@H](CCCCCCCO)[C@H](O)C[C@H]2O)C1. The molecule has 0 saturated heterocycles. The van der Waals surface area contributed by atoms with Gasteiger partial charge in [0.1, 0.15) is 0 Å². The normalized spacial score (nSPS) is 36.7. The molecule has 0 unspecified atom stereocenters. The lowest BCUT2D eigenvalue weighted by atomic mass is 9.70. The second-order valence-electron chi connectivity index (χ2n) is 8.27. The van der Waals surface area contributed by atoms with E-state index in [4.69, 9.17) is 5.11 Å². The molecule has 2 rings (SSSR count). The van der Waals surface area contributed by atoms with Crippen molar-refractivity contribution in [1.82, 2.24) is 0 Å². The topological polar surface area (TPSA) is 80.9 Å². The standard InChI is InChI=1S/C21H38O4/c1-2-15-12-16(13-15)19(23)10-9-18-17(20(24)14-21(18)25)8-6-4-3-5-7-11-22/h9-10,15-25H,2-8,11-14H2,1H3/t15?,16?,17-,18-,19-,20-,21-/m1/s1. The minimum atomic E-state index is -0.498. The highest BCUT2D eigenvalue weighted by molar-refractivity contribution is 5.06. The maximum Gasteiger partial charge on any atom is 0.0749 e. The summed E-state index contributed by atoms with van der Waals surface area (Å²) in [5, 5.41) is 39.7. The van der Waals surface area contributed by atoms with Crippen LogP contribution < -0.4 is 0 Å². The number of hydrogen-bond donors (Lipinski definition) is 4. The molecule has 0 amide bonds. The van der Waals surface area contributed by atoms with E-state index >= 15 is 0 Å². The van der Waals surface area contributed by atoms with Crippen molar-refractivity contribution in [3.8, 4) is 0 Å². The average Bonchev–Trinajstić information content (AvgIpc) is 2.81. The van der Waals surface area contributed by atoms with Crippen LogP contribution in [-0.4, -0.2) is 45.3 Å². The predicted octanol–water partition coefficient (Wildman–Crippen LogP) is 3.03. The van der Waals surface area contributed by atoms with Gasteiger partial charge < -0.3 is 20.4 Å². The molecule has 146 valence electrons. The summed E-state index contributed by atoms with van der Waals surface area (Å²) in [5.41, 5.74) is 0. The van der Waals surface area contributed by atoms with Gasteiger partial charge in [0.15, 0.2) is 0 Å². The molecule has 0 radical (unpaired) electrons. The van der Waals surface area contributed by atoms with Crippen molar-refractivity contribution in [3.05, 3.63) is 12.2 Å². The maximum absolute atomic E-state index is 10.3. The molecule has 0 heterocycles. The average molecular weight is 355 g/mol. The van der Waals surface area contributed by atoms with E-state index in [9.17, 15) is 15.3 Å². The zero-order valence-electron chi connectivity index (χ0n) is 15.8. The Labute approximate surface area is 153 Å². The van der Waals surface area contributed by atoms with Gasteiger partial charge >= 0.3 is 0 Å². The summed E-state index contributed by atoms with van der Waals surface area (Å²) in [4.78, 5) is 0. The van der Waals surface area contributed by atoms with E-state index in [1.165, 1.54) is 6.42 Å². The Balaban J connectivity index is 1.77. The Morgan fingerprint density at radius 2 is 1.64 bits per heavy atom. The van der Waals surface area contributed by atoms with Gasteiger partial charge in [-0.2, -0.15) is 0 Å². The fourth-order valence-electron chi connectivity index (χ4n) is 4.60. The number of aliphatic hydroxyl groups excluding tert-OH is 4. The molecule has 0 spiro atoms. The Morgan fingerprint density at radius 1 is 0.960 bits per heavy atom. The molecular formula is C21H38O4. The van der Waals surface area contributed by atoms with Gasteiger partial charge in [-0.25, -0.2) is 0 Å². The number of aliphatic hydroxyl groups is 4. The van der Waals surface area contributed by atoms with E-state index in [2.05, 4.69) is 6.92 Å². The number of hydrogen-bond acceptors (Lipinski definition) is 4. The van der Waals surface area contributed by atoms with Gasteiger partial charge in [0.05, 0.1) is 18.3 Å². The molecule has 5 atom stereocenters. The summed E-state index contributed by atoms with van der Waals surface area (Å²) in [6.45, 7) is 2.47. The zero-order valence-corrected chi connectivity index (χ0v) is 15.8. The second-order valence-corrected chi connectivity index (χ2v) is 8.27. The largest absolute Gasteiger partial charge is 0.396 e. The highest BCUT2D eigenvalue weighted by Crippen LogP contribution is 2.40. The molecule has 2 fully saturated rings. The molecule has 4 nitrogen and oxygen atoms in total. The van der Waals surface area contributed by atoms with Crippen LogP contribution in [0, 0.1) is 23.7 Å². The van der Waals surface area contributed by atoms with Gasteiger partial charge in [0.25, 0.3) is 0 Å². The van der Waals surface area contributed by atoms with Gasteiger partial charge in [0, 0.05) is 18.9 Å². The van der Waals surface area contributed by atoms with Gasteiger partial charge in [-0.1, -0.05) is 51.2 Å². The molecule has 2 aliphatic rings. The first-order valence-electron chi connectivity index (χ1n) is 10.4. The second kappa shape index (κ2) is 10.7. The van der Waals surface area contributed by atoms with Crippen molar-refractivity contribution < 1.29 is 20.4 Å². The Hall–Kier alpha value is -0.420. The monoisotopic (exact) mass is 354 g/mol. The molecule has 0 aromatic rings. The van der Waals surface area contributed by atoms with E-state index in [1.54, 1.807) is 0 Å². The van der Waals surface area contributed by atoms with Crippen LogP contribution in [0.3, 0.4) is 0 Å². The van der Waals surface area contributed by atoms with Crippen LogP contribution in [0.15, 0.2) is 12.2 Å². The van der Waals surface area contributed by atoms with Crippen LogP contribution in [0.1, 0.15) is 71.1 Å². The van der Waals surface area contributed by atoms with E-state index in [0.29, 0.717) is 12.3 Å². The van der Waals surface area contributed by atoms with Gasteiger partial charge in [0.2, 0.25) is 0 Å². The smallest absolute Gasteiger partial charge is 0.0749 e. The maximum atomic E-state index is 10.3. The molecule has 0 bridgehead atoms. The van der Waals surface area contributed by atoms with Crippen LogP contribution >= 0.6 is 0 Å². The van der Waals surface area contributed by atoms with Crippen LogP contribution in [-0.2, 0) is 0 Å². The van der Waals surface area contributed by atoms with Crippen molar-refractivity contribution in [1.29, 1.82) is 0 Å². The van der Waals surface area contributed by atoms with Crippen LogP contribution in [0.5, 0.6) is 0 Å². The lowest BCUT2D eigenvalue weighted by Gasteiger charge is -2.37. The van der Waals surface area contributed by atoms with Gasteiger partial charge in [-0.15, -0.1) is 0 Å². The zero-order chi connectivity index (χ0) is 18.2. The molecular weight excluding hydrogens is 316 g/mol. The van der Waals surface area contributed by atoms with E-state index < -0.39 is 18.3 Å². The summed E-state index contributed by atoms with van der Waals surface area (Å²) in [6, 6.07) is 0. The predicted molar refractivity (Wildman–Crippen MR) is 100 cm³/mol. The van der Waals surface area contributed by atoms with Crippen LogP contribution in [0.4, 0.5) is 0 Å². The molecule has 0 aromatic heterocycles. The summed E-state index contributed by atoms with van der Waals surface area (Å²) in [6.07, 6.45) is 12.5. The van der Waals surface area contributed by atoms with Crippen molar-refractivity contribution in [2.75, 3.05) is 6.61 Å². The first-order chi connectivity index (χ1) is 12.1. The number of rotatable bonds is 11. The van der Waals surface area contributed by atoms with E-state index in [1.807, 2.05) is 12.2 Å². The van der Waals surface area contributed by atoms with Crippen molar-refractivity contribution in [2.45, 2.75) is 89.4 Å². The fourth-order valence-corrected chi connectivity index (χ4v) is 4.60. The molecule has 2 saturated carbocycles. The Bertz CT molecular complexity index is 391. The molecule has 25 heavy (non-hydrogen) atoms. The third-order valence-corrected chi connectivity index (χ3v) is 6.47. The quantitative estimate of drug-likeness (QED) is 0.340. The summed E-state index contributed by atoms with van der Waals surface area (Å²) >= 11 is 0. The summed E-state index contributed by atoms with van der Waals surface area (Å²) in [5.74, 6) is 1.20. The lowest BCUT2D eigenvalue weighted by Crippen LogP contribution is -2.32.